The summed E-state index contributed by atoms with van der Waals surface area (Å²) in [6.07, 6.45) is 1.09. The van der Waals surface area contributed by atoms with Gasteiger partial charge < -0.3 is 5.32 Å². The molecule has 0 aliphatic heterocycles. The van der Waals surface area contributed by atoms with Gasteiger partial charge in [0, 0.05) is 10.0 Å². The van der Waals surface area contributed by atoms with Crippen molar-refractivity contribution in [2.24, 2.45) is 0 Å². The van der Waals surface area contributed by atoms with E-state index in [1.807, 2.05) is 25.1 Å². The molecule has 112 valence electrons. The van der Waals surface area contributed by atoms with E-state index in [4.69, 9.17) is 23.2 Å². The quantitative estimate of drug-likeness (QED) is 0.744. The third-order valence-electron chi connectivity index (χ3n) is 3.66. The minimum absolute atomic E-state index is 0.165. The third kappa shape index (κ3) is 4.00. The topological polar surface area (TPSA) is 12.0 Å². The van der Waals surface area contributed by atoms with Crippen LogP contribution in [0.2, 0.25) is 10.0 Å². The highest BCUT2D eigenvalue weighted by molar-refractivity contribution is 6.31. The van der Waals surface area contributed by atoms with Crippen molar-refractivity contribution in [2.45, 2.75) is 33.2 Å². The fourth-order valence-corrected chi connectivity index (χ4v) is 2.81. The van der Waals surface area contributed by atoms with Gasteiger partial charge in [0.05, 0.1) is 6.04 Å². The fraction of sp³-hybridized carbons (Fsp3) is 0.333. The van der Waals surface area contributed by atoms with Gasteiger partial charge in [-0.3, -0.25) is 0 Å². The maximum Gasteiger partial charge on any atom is 0.0579 e. The van der Waals surface area contributed by atoms with Gasteiger partial charge >= 0.3 is 0 Å². The van der Waals surface area contributed by atoms with E-state index in [0.717, 1.165) is 28.6 Å². The summed E-state index contributed by atoms with van der Waals surface area (Å²) in [4.78, 5) is 0. The number of hydrogen-bond acceptors (Lipinski definition) is 1. The summed E-state index contributed by atoms with van der Waals surface area (Å²) in [5.74, 6) is 0. The summed E-state index contributed by atoms with van der Waals surface area (Å²) >= 11 is 12.2. The van der Waals surface area contributed by atoms with E-state index in [1.165, 1.54) is 16.7 Å². The van der Waals surface area contributed by atoms with E-state index in [-0.39, 0.29) is 6.04 Å². The first-order chi connectivity index (χ1) is 10.0. The molecule has 3 heteroatoms. The normalized spacial score (nSPS) is 12.4. The molecule has 0 aliphatic carbocycles. The van der Waals surface area contributed by atoms with Crippen LogP contribution in [0.4, 0.5) is 0 Å². The Morgan fingerprint density at radius 3 is 2.29 bits per heavy atom. The highest BCUT2D eigenvalue weighted by Crippen LogP contribution is 2.29. The first kappa shape index (κ1) is 16.4. The lowest BCUT2D eigenvalue weighted by atomic mass is 9.93. The van der Waals surface area contributed by atoms with Crippen LogP contribution < -0.4 is 5.32 Å². The van der Waals surface area contributed by atoms with Crippen LogP contribution >= 0.6 is 23.2 Å². The van der Waals surface area contributed by atoms with E-state index in [0.29, 0.717) is 0 Å². The standard InChI is InChI=1S/C18H21Cl2N/c1-4-9-21-18(14-5-7-15(19)8-6-14)16-10-13(3)17(20)11-12(16)2/h5-8,10-11,18,21H,4,9H2,1-3H3. The summed E-state index contributed by atoms with van der Waals surface area (Å²) in [7, 11) is 0. The number of halogens is 2. The number of benzene rings is 2. The molecule has 0 bridgehead atoms. The summed E-state index contributed by atoms with van der Waals surface area (Å²) in [6.45, 7) is 7.29. The second-order valence-electron chi connectivity index (χ2n) is 5.40. The highest BCUT2D eigenvalue weighted by Gasteiger charge is 2.16. The monoisotopic (exact) mass is 321 g/mol. The molecule has 0 aliphatic rings. The number of aryl methyl sites for hydroxylation is 2. The lowest BCUT2D eigenvalue weighted by Crippen LogP contribution is -2.24. The van der Waals surface area contributed by atoms with Gasteiger partial charge in [0.2, 0.25) is 0 Å². The molecule has 0 fully saturated rings. The molecule has 2 aromatic carbocycles. The molecular formula is C18H21Cl2N. The summed E-state index contributed by atoms with van der Waals surface area (Å²) in [5.41, 5.74) is 4.80. The van der Waals surface area contributed by atoms with Crippen molar-refractivity contribution < 1.29 is 0 Å². The average molecular weight is 322 g/mol. The largest absolute Gasteiger partial charge is 0.306 e. The Hall–Kier alpha value is -1.02. The van der Waals surface area contributed by atoms with Crippen molar-refractivity contribution in [1.29, 1.82) is 0 Å². The van der Waals surface area contributed by atoms with Crippen LogP contribution in [-0.4, -0.2) is 6.54 Å². The molecule has 2 aromatic rings. The van der Waals surface area contributed by atoms with Crippen LogP contribution in [0, 0.1) is 13.8 Å². The fourth-order valence-electron chi connectivity index (χ4n) is 2.47. The Kier molecular flexibility index (Phi) is 5.69. The number of rotatable bonds is 5. The molecule has 0 saturated heterocycles. The highest BCUT2D eigenvalue weighted by atomic mass is 35.5. The van der Waals surface area contributed by atoms with Gasteiger partial charge in [0.15, 0.2) is 0 Å². The first-order valence-corrected chi connectivity index (χ1v) is 8.04. The molecule has 1 atom stereocenters. The zero-order valence-electron chi connectivity index (χ0n) is 12.7. The van der Waals surface area contributed by atoms with Crippen molar-refractivity contribution in [3.8, 4) is 0 Å². The summed E-state index contributed by atoms with van der Waals surface area (Å²) in [5, 5.41) is 5.20. The zero-order valence-corrected chi connectivity index (χ0v) is 14.2. The second-order valence-corrected chi connectivity index (χ2v) is 6.24. The zero-order chi connectivity index (χ0) is 15.4. The number of nitrogens with one attached hydrogen (secondary N) is 1. The minimum Gasteiger partial charge on any atom is -0.306 e. The van der Waals surface area contributed by atoms with E-state index < -0.39 is 0 Å². The van der Waals surface area contributed by atoms with E-state index >= 15 is 0 Å². The third-order valence-corrected chi connectivity index (χ3v) is 4.32. The molecule has 0 spiro atoms. The van der Waals surface area contributed by atoms with Crippen LogP contribution in [0.15, 0.2) is 36.4 Å². The van der Waals surface area contributed by atoms with E-state index in [1.54, 1.807) is 0 Å². The Morgan fingerprint density at radius 1 is 1.00 bits per heavy atom. The molecule has 0 heterocycles. The van der Waals surface area contributed by atoms with Crippen molar-refractivity contribution in [3.63, 3.8) is 0 Å². The van der Waals surface area contributed by atoms with Crippen LogP contribution in [0.3, 0.4) is 0 Å². The van der Waals surface area contributed by atoms with Gasteiger partial charge in [-0.1, -0.05) is 48.3 Å². The van der Waals surface area contributed by atoms with Crippen molar-refractivity contribution in [1.82, 2.24) is 5.32 Å². The first-order valence-electron chi connectivity index (χ1n) is 7.28. The molecular weight excluding hydrogens is 301 g/mol. The average Bonchev–Trinajstić information content (AvgIpc) is 2.46. The predicted molar refractivity (Wildman–Crippen MR) is 92.5 cm³/mol. The van der Waals surface area contributed by atoms with Gasteiger partial charge in [0.25, 0.3) is 0 Å². The maximum atomic E-state index is 6.22. The smallest absolute Gasteiger partial charge is 0.0579 e. The molecule has 1 unspecified atom stereocenters. The van der Waals surface area contributed by atoms with Crippen molar-refractivity contribution in [2.75, 3.05) is 6.54 Å². The second kappa shape index (κ2) is 7.31. The van der Waals surface area contributed by atoms with Crippen LogP contribution in [0.25, 0.3) is 0 Å². The maximum absolute atomic E-state index is 6.22. The summed E-state index contributed by atoms with van der Waals surface area (Å²) in [6, 6.07) is 12.4. The molecule has 2 rings (SSSR count). The van der Waals surface area contributed by atoms with E-state index in [9.17, 15) is 0 Å². The Balaban J connectivity index is 2.45. The molecule has 0 amide bonds. The molecule has 1 N–H and O–H groups in total. The van der Waals surface area contributed by atoms with Crippen molar-refractivity contribution in [3.05, 3.63) is 68.7 Å². The molecule has 0 saturated carbocycles. The molecule has 21 heavy (non-hydrogen) atoms. The van der Waals surface area contributed by atoms with Gasteiger partial charge in [-0.05, 0) is 67.3 Å². The van der Waals surface area contributed by atoms with Gasteiger partial charge in [-0.2, -0.15) is 0 Å². The lowest BCUT2D eigenvalue weighted by molar-refractivity contribution is 0.596. The van der Waals surface area contributed by atoms with Crippen LogP contribution in [0.1, 0.15) is 41.6 Å². The Morgan fingerprint density at radius 2 is 1.67 bits per heavy atom. The molecule has 0 aromatic heterocycles. The van der Waals surface area contributed by atoms with Gasteiger partial charge in [0.1, 0.15) is 0 Å². The van der Waals surface area contributed by atoms with Crippen molar-refractivity contribution >= 4 is 23.2 Å². The lowest BCUT2D eigenvalue weighted by Gasteiger charge is -2.22. The van der Waals surface area contributed by atoms with Gasteiger partial charge in [-0.25, -0.2) is 0 Å². The molecule has 0 radical (unpaired) electrons. The molecule has 1 nitrogen and oxygen atoms in total. The van der Waals surface area contributed by atoms with Gasteiger partial charge in [-0.15, -0.1) is 0 Å². The predicted octanol–water partition coefficient (Wildman–Crippen LogP) is 5.70. The van der Waals surface area contributed by atoms with Crippen LogP contribution in [0.5, 0.6) is 0 Å². The Labute approximate surface area is 137 Å². The van der Waals surface area contributed by atoms with Crippen LogP contribution in [-0.2, 0) is 0 Å². The summed E-state index contributed by atoms with van der Waals surface area (Å²) < 4.78 is 0. The van der Waals surface area contributed by atoms with E-state index in [2.05, 4.69) is 37.4 Å². The number of hydrogen-bond donors (Lipinski definition) is 1. The Bertz CT molecular complexity index is 605. The minimum atomic E-state index is 0.165. The SMILES string of the molecule is CCCNC(c1ccc(Cl)cc1)c1cc(C)c(Cl)cc1C.